The molecule has 3 N–H and O–H groups in total. The summed E-state index contributed by atoms with van der Waals surface area (Å²) in [5.74, 6) is 0.146. The average molecular weight is 233 g/mol. The molecule has 0 spiro atoms. The molecule has 3 rings (SSSR count). The van der Waals surface area contributed by atoms with Gasteiger partial charge in [-0.2, -0.15) is 0 Å². The molecule has 0 aliphatic carbocycles. The van der Waals surface area contributed by atoms with Crippen LogP contribution < -0.4 is 16.8 Å². The van der Waals surface area contributed by atoms with Crippen LogP contribution in [0.25, 0.3) is 11.1 Å². The normalized spacial score (nSPS) is 18.2. The Morgan fingerprint density at radius 1 is 1.53 bits per heavy atom. The van der Waals surface area contributed by atoms with Crippen LogP contribution in [0.1, 0.15) is 11.6 Å². The SMILES string of the molecule is Cn1c(=O)oc2ccc(C(N)C3CNC3)cc21. The van der Waals surface area contributed by atoms with E-state index < -0.39 is 0 Å². The quantitative estimate of drug-likeness (QED) is 0.785. The second kappa shape index (κ2) is 3.72. The molecule has 2 heterocycles. The minimum absolute atomic E-state index is 0.0191. The Kier molecular flexibility index (Phi) is 2.31. The molecule has 90 valence electrons. The lowest BCUT2D eigenvalue weighted by molar-refractivity contribution is 0.295. The third-order valence-electron chi connectivity index (χ3n) is 3.52. The Hall–Kier alpha value is -1.59. The fourth-order valence-electron chi connectivity index (χ4n) is 2.19. The van der Waals surface area contributed by atoms with Gasteiger partial charge in [-0.05, 0) is 17.7 Å². The van der Waals surface area contributed by atoms with Gasteiger partial charge >= 0.3 is 5.76 Å². The average Bonchev–Trinajstić information content (AvgIpc) is 2.52. The number of fused-ring (bicyclic) bond motifs is 1. The lowest BCUT2D eigenvalue weighted by atomic mass is 9.89. The minimum Gasteiger partial charge on any atom is -0.408 e. The van der Waals surface area contributed by atoms with Gasteiger partial charge in [0.05, 0.1) is 5.52 Å². The lowest BCUT2D eigenvalue weighted by Gasteiger charge is -2.32. The van der Waals surface area contributed by atoms with Gasteiger partial charge in [-0.25, -0.2) is 4.79 Å². The fourth-order valence-corrected chi connectivity index (χ4v) is 2.19. The van der Waals surface area contributed by atoms with Crippen molar-refractivity contribution >= 4 is 11.1 Å². The van der Waals surface area contributed by atoms with Crippen molar-refractivity contribution in [2.75, 3.05) is 13.1 Å². The fraction of sp³-hybridized carbons (Fsp3) is 0.417. The molecular weight excluding hydrogens is 218 g/mol. The molecule has 1 saturated heterocycles. The van der Waals surface area contributed by atoms with E-state index in [1.165, 1.54) is 4.57 Å². The van der Waals surface area contributed by atoms with Gasteiger partial charge in [0.15, 0.2) is 5.58 Å². The first-order chi connectivity index (χ1) is 8.16. The first-order valence-corrected chi connectivity index (χ1v) is 5.72. The summed E-state index contributed by atoms with van der Waals surface area (Å²) in [7, 11) is 1.70. The van der Waals surface area contributed by atoms with Crippen molar-refractivity contribution in [3.8, 4) is 0 Å². The number of hydrogen-bond acceptors (Lipinski definition) is 4. The highest BCUT2D eigenvalue weighted by Crippen LogP contribution is 2.25. The van der Waals surface area contributed by atoms with E-state index in [2.05, 4.69) is 5.32 Å². The van der Waals surface area contributed by atoms with E-state index in [0.717, 1.165) is 24.2 Å². The van der Waals surface area contributed by atoms with E-state index in [0.29, 0.717) is 11.5 Å². The van der Waals surface area contributed by atoms with Crippen molar-refractivity contribution < 1.29 is 4.42 Å². The number of nitrogens with zero attached hydrogens (tertiary/aromatic N) is 1. The molecule has 1 atom stereocenters. The Morgan fingerprint density at radius 3 is 2.94 bits per heavy atom. The predicted molar refractivity (Wildman–Crippen MR) is 64.7 cm³/mol. The highest BCUT2D eigenvalue weighted by molar-refractivity contribution is 5.73. The van der Waals surface area contributed by atoms with Crippen molar-refractivity contribution in [1.29, 1.82) is 0 Å². The zero-order valence-electron chi connectivity index (χ0n) is 9.64. The third-order valence-corrected chi connectivity index (χ3v) is 3.52. The number of aryl methyl sites for hydroxylation is 1. The summed E-state index contributed by atoms with van der Waals surface area (Å²) in [4.78, 5) is 11.4. The van der Waals surface area contributed by atoms with Crippen LogP contribution in [0.15, 0.2) is 27.4 Å². The van der Waals surface area contributed by atoms with Crippen molar-refractivity contribution in [2.24, 2.45) is 18.7 Å². The topological polar surface area (TPSA) is 73.2 Å². The molecule has 1 fully saturated rings. The number of nitrogens with one attached hydrogen (secondary N) is 1. The largest absolute Gasteiger partial charge is 0.419 e. The van der Waals surface area contributed by atoms with E-state index in [-0.39, 0.29) is 11.8 Å². The highest BCUT2D eigenvalue weighted by Gasteiger charge is 2.25. The van der Waals surface area contributed by atoms with Crippen LogP contribution in [-0.2, 0) is 7.05 Å². The smallest absolute Gasteiger partial charge is 0.408 e. The summed E-state index contributed by atoms with van der Waals surface area (Å²) in [6.07, 6.45) is 0. The summed E-state index contributed by atoms with van der Waals surface area (Å²) in [5.41, 5.74) is 8.66. The third kappa shape index (κ3) is 1.59. The van der Waals surface area contributed by atoms with Crippen molar-refractivity contribution in [1.82, 2.24) is 9.88 Å². The standard InChI is InChI=1S/C12H15N3O2/c1-15-9-4-7(11(13)8-5-14-6-8)2-3-10(9)17-12(15)16/h2-4,8,11,14H,5-6,13H2,1H3. The molecule has 17 heavy (non-hydrogen) atoms. The Labute approximate surface area is 98.2 Å². The van der Waals surface area contributed by atoms with Gasteiger partial charge in [0.1, 0.15) is 0 Å². The van der Waals surface area contributed by atoms with E-state index in [4.69, 9.17) is 10.2 Å². The summed E-state index contributed by atoms with van der Waals surface area (Å²) in [6.45, 7) is 1.92. The predicted octanol–water partition coefficient (Wildman–Crippen LogP) is 0.351. The molecule has 2 aromatic rings. The summed E-state index contributed by atoms with van der Waals surface area (Å²) < 4.78 is 6.59. The molecule has 0 amide bonds. The summed E-state index contributed by atoms with van der Waals surface area (Å²) >= 11 is 0. The van der Waals surface area contributed by atoms with E-state index >= 15 is 0 Å². The van der Waals surface area contributed by atoms with E-state index in [1.54, 1.807) is 7.05 Å². The second-order valence-corrected chi connectivity index (χ2v) is 4.60. The van der Waals surface area contributed by atoms with Gasteiger partial charge in [-0.1, -0.05) is 6.07 Å². The van der Waals surface area contributed by atoms with E-state index in [9.17, 15) is 4.79 Å². The number of benzene rings is 1. The highest BCUT2D eigenvalue weighted by atomic mass is 16.4. The van der Waals surface area contributed by atoms with Crippen LogP contribution in [-0.4, -0.2) is 17.7 Å². The van der Waals surface area contributed by atoms with Crippen LogP contribution in [0.4, 0.5) is 0 Å². The van der Waals surface area contributed by atoms with Gasteiger partial charge in [0.2, 0.25) is 0 Å². The summed E-state index contributed by atoms with van der Waals surface area (Å²) in [5, 5.41) is 3.21. The Bertz CT molecular complexity index is 610. The van der Waals surface area contributed by atoms with Gasteiger partial charge in [0.25, 0.3) is 0 Å². The molecular formula is C12H15N3O2. The van der Waals surface area contributed by atoms with Crippen LogP contribution in [0.2, 0.25) is 0 Å². The number of aromatic nitrogens is 1. The van der Waals surface area contributed by atoms with Crippen molar-refractivity contribution in [2.45, 2.75) is 6.04 Å². The zero-order valence-corrected chi connectivity index (χ0v) is 9.64. The van der Waals surface area contributed by atoms with Crippen LogP contribution >= 0.6 is 0 Å². The lowest BCUT2D eigenvalue weighted by Crippen LogP contribution is -2.47. The second-order valence-electron chi connectivity index (χ2n) is 4.60. The van der Waals surface area contributed by atoms with Crippen LogP contribution in [0, 0.1) is 5.92 Å². The maximum absolute atomic E-state index is 11.4. The first-order valence-electron chi connectivity index (χ1n) is 5.72. The van der Waals surface area contributed by atoms with Crippen LogP contribution in [0.5, 0.6) is 0 Å². The van der Waals surface area contributed by atoms with Gasteiger partial charge < -0.3 is 15.5 Å². The Morgan fingerprint density at radius 2 is 2.29 bits per heavy atom. The van der Waals surface area contributed by atoms with Crippen molar-refractivity contribution in [3.63, 3.8) is 0 Å². The molecule has 5 nitrogen and oxygen atoms in total. The summed E-state index contributed by atoms with van der Waals surface area (Å²) in [6, 6.07) is 5.72. The molecule has 1 aliphatic rings. The monoisotopic (exact) mass is 233 g/mol. The van der Waals surface area contributed by atoms with Crippen molar-refractivity contribution in [3.05, 3.63) is 34.3 Å². The van der Waals surface area contributed by atoms with Gasteiger partial charge in [-0.3, -0.25) is 4.57 Å². The first kappa shape index (κ1) is 10.6. The molecule has 5 heteroatoms. The number of oxazole rings is 1. The molecule has 1 aliphatic heterocycles. The van der Waals surface area contributed by atoms with Gasteiger partial charge in [0, 0.05) is 32.1 Å². The maximum atomic E-state index is 11.4. The molecule has 1 aromatic carbocycles. The molecule has 1 aromatic heterocycles. The zero-order chi connectivity index (χ0) is 12.0. The number of rotatable bonds is 2. The molecule has 0 radical (unpaired) electrons. The van der Waals surface area contributed by atoms with E-state index in [1.807, 2.05) is 18.2 Å². The van der Waals surface area contributed by atoms with Crippen LogP contribution in [0.3, 0.4) is 0 Å². The Balaban J connectivity index is 2.05. The number of hydrogen-bond donors (Lipinski definition) is 2. The van der Waals surface area contributed by atoms with Gasteiger partial charge in [-0.15, -0.1) is 0 Å². The molecule has 0 saturated carbocycles. The number of nitrogens with two attached hydrogens (primary N) is 1. The molecule has 0 bridgehead atoms. The maximum Gasteiger partial charge on any atom is 0.419 e. The minimum atomic E-state index is -0.337. The molecule has 1 unspecified atom stereocenters.